The summed E-state index contributed by atoms with van der Waals surface area (Å²) < 4.78 is 31.4. The van der Waals surface area contributed by atoms with E-state index in [1.807, 2.05) is 0 Å². The molecule has 1 heterocycles. The molecule has 0 radical (unpaired) electrons. The lowest BCUT2D eigenvalue weighted by Crippen LogP contribution is -2.33. The standard InChI is InChI=1S/C15H18N4O5S/c1-9-15(10(2)24-19-9)25(22,23)16-8-14(21)18-13-6-4-12(5-7-13)17-11(3)20/h4-7,16H,8H2,1-3H3,(H,17,20)(H,18,21). The second kappa shape index (κ2) is 7.45. The Balaban J connectivity index is 1.95. The first-order chi connectivity index (χ1) is 11.7. The van der Waals surface area contributed by atoms with E-state index in [1.165, 1.54) is 20.8 Å². The fourth-order valence-corrected chi connectivity index (χ4v) is 3.44. The van der Waals surface area contributed by atoms with Crippen LogP contribution < -0.4 is 15.4 Å². The van der Waals surface area contributed by atoms with E-state index in [9.17, 15) is 18.0 Å². The summed E-state index contributed by atoms with van der Waals surface area (Å²) in [6.45, 7) is 3.92. The number of aryl methyl sites for hydroxylation is 2. The van der Waals surface area contributed by atoms with Crippen LogP contribution in [0.1, 0.15) is 18.4 Å². The molecule has 25 heavy (non-hydrogen) atoms. The molecule has 10 heteroatoms. The number of rotatable bonds is 6. The van der Waals surface area contributed by atoms with Crippen molar-refractivity contribution in [2.45, 2.75) is 25.7 Å². The van der Waals surface area contributed by atoms with Gasteiger partial charge in [-0.05, 0) is 38.1 Å². The lowest BCUT2D eigenvalue weighted by molar-refractivity contribution is -0.115. The van der Waals surface area contributed by atoms with E-state index in [4.69, 9.17) is 4.52 Å². The van der Waals surface area contributed by atoms with Crippen LogP contribution in [0.25, 0.3) is 0 Å². The number of nitrogens with zero attached hydrogens (tertiary/aromatic N) is 1. The van der Waals surface area contributed by atoms with Crippen LogP contribution in [0.3, 0.4) is 0 Å². The van der Waals surface area contributed by atoms with Gasteiger partial charge in [0.15, 0.2) is 5.76 Å². The summed E-state index contributed by atoms with van der Waals surface area (Å²) >= 11 is 0. The Morgan fingerprint density at radius 1 is 1.08 bits per heavy atom. The molecule has 3 N–H and O–H groups in total. The Bertz CT molecular complexity index is 868. The SMILES string of the molecule is CC(=O)Nc1ccc(NC(=O)CNS(=O)(=O)c2c(C)noc2C)cc1. The third kappa shape index (κ3) is 4.88. The Morgan fingerprint density at radius 2 is 1.64 bits per heavy atom. The summed E-state index contributed by atoms with van der Waals surface area (Å²) in [5, 5.41) is 8.73. The molecule has 0 bridgehead atoms. The third-order valence-electron chi connectivity index (χ3n) is 3.15. The van der Waals surface area contributed by atoms with Crippen molar-refractivity contribution in [3.63, 3.8) is 0 Å². The Hall–Kier alpha value is -2.72. The lowest BCUT2D eigenvalue weighted by Gasteiger charge is -2.08. The highest BCUT2D eigenvalue weighted by Crippen LogP contribution is 2.18. The van der Waals surface area contributed by atoms with Crippen molar-refractivity contribution in [2.24, 2.45) is 0 Å². The molecule has 9 nitrogen and oxygen atoms in total. The molecular formula is C15H18N4O5S. The molecule has 0 spiro atoms. The van der Waals surface area contributed by atoms with Gasteiger partial charge in [-0.15, -0.1) is 0 Å². The van der Waals surface area contributed by atoms with Gasteiger partial charge in [-0.25, -0.2) is 13.1 Å². The van der Waals surface area contributed by atoms with Crippen LogP contribution in [0.2, 0.25) is 0 Å². The first-order valence-corrected chi connectivity index (χ1v) is 8.77. The molecule has 0 atom stereocenters. The summed E-state index contributed by atoms with van der Waals surface area (Å²) in [4.78, 5) is 22.8. The maximum atomic E-state index is 12.2. The van der Waals surface area contributed by atoms with E-state index in [2.05, 4.69) is 20.5 Å². The topological polar surface area (TPSA) is 130 Å². The average molecular weight is 366 g/mol. The Morgan fingerprint density at radius 3 is 2.12 bits per heavy atom. The van der Waals surface area contributed by atoms with Crippen molar-refractivity contribution in [1.82, 2.24) is 9.88 Å². The number of nitrogens with one attached hydrogen (secondary N) is 3. The van der Waals surface area contributed by atoms with Crippen LogP contribution in [0, 0.1) is 13.8 Å². The molecular weight excluding hydrogens is 348 g/mol. The number of hydrogen-bond donors (Lipinski definition) is 3. The normalized spacial score (nSPS) is 11.2. The Kier molecular flexibility index (Phi) is 5.55. The smallest absolute Gasteiger partial charge is 0.246 e. The fourth-order valence-electron chi connectivity index (χ4n) is 2.14. The van der Waals surface area contributed by atoms with Gasteiger partial charge in [-0.1, -0.05) is 5.16 Å². The lowest BCUT2D eigenvalue weighted by atomic mass is 10.2. The second-order valence-corrected chi connectivity index (χ2v) is 6.99. The molecule has 0 aliphatic carbocycles. The van der Waals surface area contributed by atoms with Gasteiger partial charge in [0.25, 0.3) is 0 Å². The molecule has 0 unspecified atom stereocenters. The maximum absolute atomic E-state index is 12.2. The third-order valence-corrected chi connectivity index (χ3v) is 4.79. The zero-order valence-corrected chi connectivity index (χ0v) is 14.7. The molecule has 1 aromatic heterocycles. The molecule has 2 amide bonds. The number of carbonyl (C=O) groups excluding carboxylic acids is 2. The average Bonchev–Trinajstić information content (AvgIpc) is 2.86. The first-order valence-electron chi connectivity index (χ1n) is 7.29. The maximum Gasteiger partial charge on any atom is 0.246 e. The van der Waals surface area contributed by atoms with Crippen molar-refractivity contribution in [3.05, 3.63) is 35.7 Å². The van der Waals surface area contributed by atoms with Crippen LogP contribution >= 0.6 is 0 Å². The van der Waals surface area contributed by atoms with E-state index >= 15 is 0 Å². The number of anilines is 2. The molecule has 0 fully saturated rings. The molecule has 0 aliphatic rings. The first kappa shape index (κ1) is 18.6. The molecule has 2 aromatic rings. The van der Waals surface area contributed by atoms with E-state index in [1.54, 1.807) is 24.3 Å². The van der Waals surface area contributed by atoms with E-state index < -0.39 is 22.5 Å². The van der Waals surface area contributed by atoms with Crippen molar-refractivity contribution < 1.29 is 22.5 Å². The van der Waals surface area contributed by atoms with Gasteiger partial charge in [0.05, 0.1) is 6.54 Å². The van der Waals surface area contributed by atoms with Crippen LogP contribution in [-0.4, -0.2) is 31.9 Å². The summed E-state index contributed by atoms with van der Waals surface area (Å²) in [6.07, 6.45) is 0. The van der Waals surface area contributed by atoms with Gasteiger partial charge in [0.1, 0.15) is 10.6 Å². The van der Waals surface area contributed by atoms with Crippen LogP contribution in [-0.2, 0) is 19.6 Å². The van der Waals surface area contributed by atoms with Gasteiger partial charge < -0.3 is 15.2 Å². The van der Waals surface area contributed by atoms with Crippen molar-refractivity contribution in [3.8, 4) is 0 Å². The number of sulfonamides is 1. The second-order valence-electron chi connectivity index (χ2n) is 5.28. The van der Waals surface area contributed by atoms with Crippen LogP contribution in [0.4, 0.5) is 11.4 Å². The minimum Gasteiger partial charge on any atom is -0.360 e. The predicted molar refractivity (Wildman–Crippen MR) is 90.5 cm³/mol. The molecule has 0 aliphatic heterocycles. The zero-order chi connectivity index (χ0) is 18.6. The highest BCUT2D eigenvalue weighted by atomic mass is 32.2. The number of amides is 2. The highest BCUT2D eigenvalue weighted by Gasteiger charge is 2.24. The highest BCUT2D eigenvalue weighted by molar-refractivity contribution is 7.89. The van der Waals surface area contributed by atoms with Crippen LogP contribution in [0.15, 0.2) is 33.7 Å². The number of hydrogen-bond acceptors (Lipinski definition) is 6. The Labute approximate surface area is 144 Å². The number of aromatic nitrogens is 1. The van der Waals surface area contributed by atoms with Crippen molar-refractivity contribution >= 4 is 33.2 Å². The van der Waals surface area contributed by atoms with E-state index in [0.29, 0.717) is 11.4 Å². The zero-order valence-electron chi connectivity index (χ0n) is 13.9. The van der Waals surface area contributed by atoms with Crippen molar-refractivity contribution in [1.29, 1.82) is 0 Å². The van der Waals surface area contributed by atoms with Gasteiger partial charge >= 0.3 is 0 Å². The molecule has 0 saturated carbocycles. The van der Waals surface area contributed by atoms with E-state index in [-0.39, 0.29) is 22.3 Å². The summed E-state index contributed by atoms with van der Waals surface area (Å²) in [5.74, 6) is -0.591. The molecule has 2 rings (SSSR count). The molecule has 0 saturated heterocycles. The van der Waals surface area contributed by atoms with Gasteiger partial charge in [0, 0.05) is 18.3 Å². The van der Waals surface area contributed by atoms with Crippen molar-refractivity contribution in [2.75, 3.05) is 17.2 Å². The van der Waals surface area contributed by atoms with Gasteiger partial charge in [0.2, 0.25) is 21.8 Å². The van der Waals surface area contributed by atoms with Crippen LogP contribution in [0.5, 0.6) is 0 Å². The quantitative estimate of drug-likeness (QED) is 0.703. The number of benzene rings is 1. The fraction of sp³-hybridized carbons (Fsp3) is 0.267. The minimum absolute atomic E-state index is 0.0695. The summed E-state index contributed by atoms with van der Waals surface area (Å²) in [7, 11) is -3.90. The predicted octanol–water partition coefficient (Wildman–Crippen LogP) is 1.17. The monoisotopic (exact) mass is 366 g/mol. The van der Waals surface area contributed by atoms with E-state index in [0.717, 1.165) is 0 Å². The van der Waals surface area contributed by atoms with Gasteiger partial charge in [-0.3, -0.25) is 9.59 Å². The number of carbonyl (C=O) groups is 2. The summed E-state index contributed by atoms with van der Waals surface area (Å²) in [6, 6.07) is 6.41. The molecule has 1 aromatic carbocycles. The summed E-state index contributed by atoms with van der Waals surface area (Å²) in [5.41, 5.74) is 1.28. The largest absolute Gasteiger partial charge is 0.360 e. The van der Waals surface area contributed by atoms with Gasteiger partial charge in [-0.2, -0.15) is 0 Å². The molecule has 134 valence electrons. The minimum atomic E-state index is -3.90.